The summed E-state index contributed by atoms with van der Waals surface area (Å²) in [6, 6.07) is 8.09. The average molecular weight is 279 g/mol. The topological polar surface area (TPSA) is 27.0 Å². The lowest BCUT2D eigenvalue weighted by Gasteiger charge is -2.43. The predicted molar refractivity (Wildman–Crippen MR) is 69.4 cm³/mol. The smallest absolute Gasteiger partial charge is 0.101 e. The Hall–Kier alpha value is -1.01. The molecule has 84 valence electrons. The summed E-state index contributed by atoms with van der Waals surface area (Å²) in [5.74, 6) is 1.50. The van der Waals surface area contributed by atoms with E-state index in [-0.39, 0.29) is 0 Å². The van der Waals surface area contributed by atoms with Crippen LogP contribution in [0.4, 0.5) is 5.69 Å². The van der Waals surface area contributed by atoms with E-state index < -0.39 is 0 Å². The van der Waals surface area contributed by atoms with E-state index in [2.05, 4.69) is 40.7 Å². The lowest BCUT2D eigenvalue weighted by atomic mass is 9.87. The Morgan fingerprint density at radius 1 is 1.44 bits per heavy atom. The van der Waals surface area contributed by atoms with Gasteiger partial charge >= 0.3 is 0 Å². The first kappa shape index (κ1) is 11.5. The fourth-order valence-corrected chi connectivity index (χ4v) is 2.34. The number of halogens is 1. The molecule has 0 amide bonds. The van der Waals surface area contributed by atoms with Gasteiger partial charge in [-0.25, -0.2) is 0 Å². The first-order chi connectivity index (χ1) is 7.61. The summed E-state index contributed by atoms with van der Waals surface area (Å²) in [4.78, 5) is 2.29. The minimum absolute atomic E-state index is 0.730. The van der Waals surface area contributed by atoms with Crippen molar-refractivity contribution in [3.8, 4) is 6.07 Å². The molecule has 1 saturated heterocycles. The van der Waals surface area contributed by atoms with Crippen LogP contribution in [-0.2, 0) is 0 Å². The van der Waals surface area contributed by atoms with Crippen LogP contribution in [0.2, 0.25) is 0 Å². The van der Waals surface area contributed by atoms with E-state index in [1.807, 2.05) is 18.2 Å². The van der Waals surface area contributed by atoms with Gasteiger partial charge in [0.15, 0.2) is 0 Å². The van der Waals surface area contributed by atoms with Crippen molar-refractivity contribution in [3.63, 3.8) is 0 Å². The molecule has 2 nitrogen and oxygen atoms in total. The molecule has 1 fully saturated rings. The molecule has 2 rings (SSSR count). The summed E-state index contributed by atoms with van der Waals surface area (Å²) in [6.07, 6.45) is 0. The Balaban J connectivity index is 2.17. The molecule has 0 bridgehead atoms. The predicted octanol–water partition coefficient (Wildman–Crippen LogP) is 3.41. The van der Waals surface area contributed by atoms with Crippen LogP contribution in [0.1, 0.15) is 19.4 Å². The zero-order valence-corrected chi connectivity index (χ0v) is 11.2. The molecular weight excluding hydrogens is 264 g/mol. The van der Waals surface area contributed by atoms with Crippen LogP contribution in [-0.4, -0.2) is 13.1 Å². The summed E-state index contributed by atoms with van der Waals surface area (Å²) < 4.78 is 1.04. The fraction of sp³-hybridized carbons (Fsp3) is 0.462. The maximum absolute atomic E-state index is 9.06. The van der Waals surface area contributed by atoms with E-state index >= 15 is 0 Å². The Bertz CT molecular complexity index is 428. The van der Waals surface area contributed by atoms with Gasteiger partial charge in [0, 0.05) is 17.6 Å². The summed E-state index contributed by atoms with van der Waals surface area (Å²) >= 11 is 3.46. The van der Waals surface area contributed by atoms with Crippen molar-refractivity contribution in [3.05, 3.63) is 28.2 Å². The quantitative estimate of drug-likeness (QED) is 0.829. The van der Waals surface area contributed by atoms with Crippen LogP contribution in [0.5, 0.6) is 0 Å². The number of rotatable bonds is 2. The molecule has 16 heavy (non-hydrogen) atoms. The molecule has 3 heteroatoms. The normalized spacial score (nSPS) is 16.1. The standard InChI is InChI=1S/C13H15BrN2/c1-9(2)11-7-16(8-11)13-5-12(14)4-3-10(13)6-15/h3-5,9,11H,7-8H2,1-2H3. The largest absolute Gasteiger partial charge is 0.370 e. The summed E-state index contributed by atoms with van der Waals surface area (Å²) in [5, 5.41) is 9.06. The lowest BCUT2D eigenvalue weighted by Crippen LogP contribution is -2.49. The van der Waals surface area contributed by atoms with Gasteiger partial charge in [-0.05, 0) is 30.0 Å². The maximum Gasteiger partial charge on any atom is 0.101 e. The van der Waals surface area contributed by atoms with Crippen molar-refractivity contribution in [1.29, 1.82) is 5.26 Å². The number of nitriles is 1. The number of anilines is 1. The molecule has 0 aliphatic carbocycles. The van der Waals surface area contributed by atoms with Gasteiger partial charge in [-0.1, -0.05) is 29.8 Å². The van der Waals surface area contributed by atoms with Gasteiger partial charge in [-0.3, -0.25) is 0 Å². The zero-order valence-electron chi connectivity index (χ0n) is 9.57. The first-order valence-electron chi connectivity index (χ1n) is 5.56. The van der Waals surface area contributed by atoms with E-state index in [4.69, 9.17) is 5.26 Å². The molecule has 0 unspecified atom stereocenters. The van der Waals surface area contributed by atoms with E-state index in [1.54, 1.807) is 0 Å². The van der Waals surface area contributed by atoms with Gasteiger partial charge in [0.1, 0.15) is 6.07 Å². The second-order valence-electron chi connectivity index (χ2n) is 4.68. The molecule has 1 aliphatic rings. The van der Waals surface area contributed by atoms with Crippen molar-refractivity contribution < 1.29 is 0 Å². The molecule has 0 saturated carbocycles. The molecule has 1 heterocycles. The highest BCUT2D eigenvalue weighted by molar-refractivity contribution is 9.10. The highest BCUT2D eigenvalue weighted by atomic mass is 79.9. The minimum Gasteiger partial charge on any atom is -0.370 e. The van der Waals surface area contributed by atoms with Crippen LogP contribution in [0.25, 0.3) is 0 Å². The number of hydrogen-bond acceptors (Lipinski definition) is 2. The van der Waals surface area contributed by atoms with Crippen molar-refractivity contribution in [1.82, 2.24) is 0 Å². The molecule has 0 atom stereocenters. The molecule has 1 aliphatic heterocycles. The Kier molecular flexibility index (Phi) is 3.20. The zero-order chi connectivity index (χ0) is 11.7. The summed E-state index contributed by atoms with van der Waals surface area (Å²) in [6.45, 7) is 6.66. The monoisotopic (exact) mass is 278 g/mol. The lowest BCUT2D eigenvalue weighted by molar-refractivity contribution is 0.309. The minimum atomic E-state index is 0.730. The Morgan fingerprint density at radius 2 is 2.12 bits per heavy atom. The molecular formula is C13H15BrN2. The van der Waals surface area contributed by atoms with Crippen LogP contribution < -0.4 is 4.90 Å². The molecule has 1 aromatic carbocycles. The third-order valence-corrected chi connectivity index (χ3v) is 3.77. The second kappa shape index (κ2) is 4.47. The van der Waals surface area contributed by atoms with E-state index in [9.17, 15) is 0 Å². The van der Waals surface area contributed by atoms with Gasteiger partial charge in [0.05, 0.1) is 11.3 Å². The highest BCUT2D eigenvalue weighted by Crippen LogP contribution is 2.32. The first-order valence-corrected chi connectivity index (χ1v) is 6.35. The second-order valence-corrected chi connectivity index (χ2v) is 5.60. The number of nitrogens with zero attached hydrogens (tertiary/aromatic N) is 2. The van der Waals surface area contributed by atoms with E-state index in [0.29, 0.717) is 0 Å². The van der Waals surface area contributed by atoms with Gasteiger partial charge in [-0.15, -0.1) is 0 Å². The van der Waals surface area contributed by atoms with Crippen molar-refractivity contribution in [2.45, 2.75) is 13.8 Å². The third-order valence-electron chi connectivity index (χ3n) is 3.27. The summed E-state index contributed by atoms with van der Waals surface area (Å²) in [7, 11) is 0. The van der Waals surface area contributed by atoms with E-state index in [1.165, 1.54) is 0 Å². The van der Waals surface area contributed by atoms with Gasteiger partial charge < -0.3 is 4.90 Å². The Labute approximate surface area is 105 Å². The van der Waals surface area contributed by atoms with Crippen molar-refractivity contribution in [2.24, 2.45) is 11.8 Å². The van der Waals surface area contributed by atoms with Crippen molar-refractivity contribution >= 4 is 21.6 Å². The van der Waals surface area contributed by atoms with Crippen LogP contribution in [0.3, 0.4) is 0 Å². The average Bonchev–Trinajstić information content (AvgIpc) is 2.15. The number of hydrogen-bond donors (Lipinski definition) is 0. The molecule has 0 spiro atoms. The maximum atomic E-state index is 9.06. The highest BCUT2D eigenvalue weighted by Gasteiger charge is 2.30. The molecule has 1 aromatic rings. The van der Waals surface area contributed by atoms with Gasteiger partial charge in [0.2, 0.25) is 0 Å². The van der Waals surface area contributed by atoms with E-state index in [0.717, 1.165) is 40.6 Å². The molecule has 0 aromatic heterocycles. The molecule has 0 N–H and O–H groups in total. The van der Waals surface area contributed by atoms with Crippen molar-refractivity contribution in [2.75, 3.05) is 18.0 Å². The molecule has 0 radical (unpaired) electrons. The van der Waals surface area contributed by atoms with Gasteiger partial charge in [-0.2, -0.15) is 5.26 Å². The Morgan fingerprint density at radius 3 is 2.69 bits per heavy atom. The van der Waals surface area contributed by atoms with Crippen LogP contribution in [0, 0.1) is 23.2 Å². The third kappa shape index (κ3) is 2.08. The SMILES string of the molecule is CC(C)C1CN(c2cc(Br)ccc2C#N)C1. The fourth-order valence-electron chi connectivity index (χ4n) is 1.99. The van der Waals surface area contributed by atoms with Crippen LogP contribution in [0.15, 0.2) is 22.7 Å². The summed E-state index contributed by atoms with van der Waals surface area (Å²) in [5.41, 5.74) is 1.83. The van der Waals surface area contributed by atoms with Gasteiger partial charge in [0.25, 0.3) is 0 Å². The number of benzene rings is 1. The van der Waals surface area contributed by atoms with Crippen LogP contribution >= 0.6 is 15.9 Å².